The number of nitrogens with zero attached hydrogens (tertiary/aromatic N) is 1. The van der Waals surface area contributed by atoms with Gasteiger partial charge < -0.3 is 20.3 Å². The Kier molecular flexibility index (Phi) is 6.77. The summed E-state index contributed by atoms with van der Waals surface area (Å²) in [6.07, 6.45) is 0.437. The highest BCUT2D eigenvalue weighted by atomic mass is 32.2. The van der Waals surface area contributed by atoms with Crippen molar-refractivity contribution in [1.82, 2.24) is 4.90 Å². The van der Waals surface area contributed by atoms with Gasteiger partial charge in [-0.3, -0.25) is 14.4 Å². The Morgan fingerprint density at radius 3 is 2.79 bits per heavy atom. The maximum Gasteiger partial charge on any atom is 0.254 e. The van der Waals surface area contributed by atoms with Gasteiger partial charge in [0.1, 0.15) is 12.3 Å². The van der Waals surface area contributed by atoms with Gasteiger partial charge in [-0.2, -0.15) is 0 Å². The molecule has 0 atom stereocenters. The number of likely N-dealkylation sites (N-methyl/N-ethyl adjacent to an activating group) is 1. The molecule has 0 saturated carbocycles. The van der Waals surface area contributed by atoms with Gasteiger partial charge in [0.2, 0.25) is 11.8 Å². The second-order valence-corrected chi connectivity index (χ2v) is 7.56. The van der Waals surface area contributed by atoms with Gasteiger partial charge in [-0.25, -0.2) is 0 Å². The SMILES string of the molecule is CCN(CC(=O)Nc1ccccc1OC)C(=O)c1ccc2c(c1)NC(=O)CCS2. The van der Waals surface area contributed by atoms with Gasteiger partial charge >= 0.3 is 0 Å². The van der Waals surface area contributed by atoms with Gasteiger partial charge in [0.15, 0.2) is 0 Å². The molecule has 0 bridgehead atoms. The van der Waals surface area contributed by atoms with Crippen LogP contribution in [0.25, 0.3) is 0 Å². The van der Waals surface area contributed by atoms with E-state index in [1.807, 2.05) is 19.1 Å². The maximum atomic E-state index is 12.9. The topological polar surface area (TPSA) is 87.7 Å². The molecule has 0 spiro atoms. The van der Waals surface area contributed by atoms with Crippen LogP contribution in [-0.2, 0) is 9.59 Å². The van der Waals surface area contributed by atoms with Crippen LogP contribution in [0.15, 0.2) is 47.4 Å². The minimum absolute atomic E-state index is 0.0654. The lowest BCUT2D eigenvalue weighted by atomic mass is 10.1. The number of rotatable bonds is 6. The Labute approximate surface area is 173 Å². The van der Waals surface area contributed by atoms with Crippen molar-refractivity contribution in [3.05, 3.63) is 48.0 Å². The molecule has 0 saturated heterocycles. The van der Waals surface area contributed by atoms with Crippen molar-refractivity contribution in [2.24, 2.45) is 0 Å². The molecular formula is C21H23N3O4S. The number of ether oxygens (including phenoxy) is 1. The van der Waals surface area contributed by atoms with E-state index in [0.29, 0.717) is 41.4 Å². The third-order valence-electron chi connectivity index (χ3n) is 4.47. The molecule has 3 amide bonds. The van der Waals surface area contributed by atoms with Crippen LogP contribution in [0.2, 0.25) is 0 Å². The van der Waals surface area contributed by atoms with E-state index in [2.05, 4.69) is 10.6 Å². The predicted molar refractivity (Wildman–Crippen MR) is 114 cm³/mol. The average molecular weight is 413 g/mol. The second kappa shape index (κ2) is 9.47. The van der Waals surface area contributed by atoms with Crippen molar-refractivity contribution >= 4 is 40.9 Å². The summed E-state index contributed by atoms with van der Waals surface area (Å²) in [4.78, 5) is 39.6. The molecule has 0 aromatic heterocycles. The number of amides is 3. The summed E-state index contributed by atoms with van der Waals surface area (Å²) in [5.74, 6) is 0.604. The fraction of sp³-hybridized carbons (Fsp3) is 0.286. The molecule has 7 nitrogen and oxygen atoms in total. The molecule has 1 aliphatic rings. The molecule has 1 heterocycles. The highest BCUT2D eigenvalue weighted by Gasteiger charge is 2.21. The van der Waals surface area contributed by atoms with Crippen molar-refractivity contribution in [3.8, 4) is 5.75 Å². The molecule has 152 valence electrons. The number of carbonyl (C=O) groups is 3. The number of anilines is 2. The second-order valence-electron chi connectivity index (χ2n) is 6.43. The lowest BCUT2D eigenvalue weighted by Gasteiger charge is -2.21. The van der Waals surface area contributed by atoms with Crippen LogP contribution in [-0.4, -0.2) is 48.6 Å². The zero-order chi connectivity index (χ0) is 20.8. The Bertz CT molecular complexity index is 932. The fourth-order valence-corrected chi connectivity index (χ4v) is 3.91. The molecule has 0 aliphatic carbocycles. The first-order valence-corrected chi connectivity index (χ1v) is 10.3. The standard InChI is InChI=1S/C21H23N3O4S/c1-3-24(13-20(26)22-15-6-4-5-7-17(15)28-2)21(27)14-8-9-18-16(12-14)23-19(25)10-11-29-18/h4-9,12H,3,10-11,13H2,1-2H3,(H,22,26)(H,23,25). The molecule has 2 N–H and O–H groups in total. The van der Waals surface area contributed by atoms with Crippen LogP contribution in [0.4, 0.5) is 11.4 Å². The van der Waals surface area contributed by atoms with Crippen molar-refractivity contribution < 1.29 is 19.1 Å². The van der Waals surface area contributed by atoms with Gasteiger partial charge in [-0.15, -0.1) is 11.8 Å². The van der Waals surface area contributed by atoms with Crippen molar-refractivity contribution in [2.45, 2.75) is 18.2 Å². The van der Waals surface area contributed by atoms with Crippen molar-refractivity contribution in [3.63, 3.8) is 0 Å². The van der Waals surface area contributed by atoms with E-state index in [9.17, 15) is 14.4 Å². The third-order valence-corrected chi connectivity index (χ3v) is 5.55. The van der Waals surface area contributed by atoms with E-state index < -0.39 is 0 Å². The van der Waals surface area contributed by atoms with Crippen LogP contribution in [0.1, 0.15) is 23.7 Å². The van der Waals surface area contributed by atoms with E-state index in [4.69, 9.17) is 4.74 Å². The molecule has 2 aromatic rings. The zero-order valence-electron chi connectivity index (χ0n) is 16.4. The summed E-state index contributed by atoms with van der Waals surface area (Å²) < 4.78 is 5.23. The van der Waals surface area contributed by atoms with Crippen LogP contribution in [0.3, 0.4) is 0 Å². The first-order valence-electron chi connectivity index (χ1n) is 9.30. The first-order chi connectivity index (χ1) is 14.0. The molecule has 0 fully saturated rings. The normalized spacial score (nSPS) is 13.0. The van der Waals surface area contributed by atoms with E-state index in [0.717, 1.165) is 4.90 Å². The smallest absolute Gasteiger partial charge is 0.254 e. The van der Waals surface area contributed by atoms with Crippen molar-refractivity contribution in [1.29, 1.82) is 0 Å². The number of benzene rings is 2. The molecule has 3 rings (SSSR count). The molecule has 0 radical (unpaired) electrons. The molecule has 2 aromatic carbocycles. The van der Waals surface area contributed by atoms with E-state index in [-0.39, 0.29) is 24.3 Å². The minimum Gasteiger partial charge on any atom is -0.495 e. The van der Waals surface area contributed by atoms with E-state index in [1.165, 1.54) is 12.0 Å². The number of hydrogen-bond donors (Lipinski definition) is 2. The minimum atomic E-state index is -0.316. The highest BCUT2D eigenvalue weighted by molar-refractivity contribution is 7.99. The van der Waals surface area contributed by atoms with Crippen LogP contribution >= 0.6 is 11.8 Å². The number of para-hydroxylation sites is 2. The third kappa shape index (κ3) is 5.08. The summed E-state index contributed by atoms with van der Waals surface area (Å²) in [5, 5.41) is 5.62. The van der Waals surface area contributed by atoms with E-state index >= 15 is 0 Å². The number of nitrogens with one attached hydrogen (secondary N) is 2. The Balaban J connectivity index is 1.72. The average Bonchev–Trinajstić information content (AvgIpc) is 2.91. The highest BCUT2D eigenvalue weighted by Crippen LogP contribution is 2.31. The first kappa shape index (κ1) is 20.7. The van der Waals surface area contributed by atoms with Gasteiger partial charge in [0.05, 0.1) is 18.5 Å². The van der Waals surface area contributed by atoms with Crippen molar-refractivity contribution in [2.75, 3.05) is 36.6 Å². The van der Waals surface area contributed by atoms with Crippen LogP contribution < -0.4 is 15.4 Å². The van der Waals surface area contributed by atoms with Gasteiger partial charge in [-0.05, 0) is 37.3 Å². The monoisotopic (exact) mass is 413 g/mol. The Hall–Kier alpha value is -3.00. The largest absolute Gasteiger partial charge is 0.495 e. The Morgan fingerprint density at radius 2 is 2.03 bits per heavy atom. The number of thioether (sulfide) groups is 1. The predicted octanol–water partition coefficient (Wildman–Crippen LogP) is 3.23. The van der Waals surface area contributed by atoms with Gasteiger partial charge in [-0.1, -0.05) is 12.1 Å². The summed E-state index contributed by atoms with van der Waals surface area (Å²) in [5.41, 5.74) is 1.62. The molecular weight excluding hydrogens is 390 g/mol. The van der Waals surface area contributed by atoms with Gasteiger partial charge in [0, 0.05) is 29.2 Å². The molecule has 29 heavy (non-hydrogen) atoms. The lowest BCUT2D eigenvalue weighted by Crippen LogP contribution is -2.38. The molecule has 1 aliphatic heterocycles. The Morgan fingerprint density at radius 1 is 1.24 bits per heavy atom. The van der Waals surface area contributed by atoms with Crippen LogP contribution in [0.5, 0.6) is 5.75 Å². The lowest BCUT2D eigenvalue weighted by molar-refractivity contribution is -0.117. The number of carbonyl (C=O) groups excluding carboxylic acids is 3. The number of fused-ring (bicyclic) bond motifs is 1. The quantitative estimate of drug-likeness (QED) is 0.759. The number of hydrogen-bond acceptors (Lipinski definition) is 5. The zero-order valence-corrected chi connectivity index (χ0v) is 17.2. The summed E-state index contributed by atoms with van der Waals surface area (Å²) >= 11 is 1.58. The summed E-state index contributed by atoms with van der Waals surface area (Å²) in [7, 11) is 1.53. The summed E-state index contributed by atoms with van der Waals surface area (Å²) in [6, 6.07) is 12.3. The van der Waals surface area contributed by atoms with Crippen LogP contribution in [0, 0.1) is 0 Å². The fourth-order valence-electron chi connectivity index (χ4n) is 2.97. The summed E-state index contributed by atoms with van der Waals surface area (Å²) in [6.45, 7) is 2.09. The molecule has 8 heteroatoms. The van der Waals surface area contributed by atoms with Gasteiger partial charge in [0.25, 0.3) is 5.91 Å². The number of methoxy groups -OCH3 is 1. The maximum absolute atomic E-state index is 12.9. The van der Waals surface area contributed by atoms with E-state index in [1.54, 1.807) is 42.1 Å². The molecule has 0 unspecified atom stereocenters.